The van der Waals surface area contributed by atoms with Gasteiger partial charge in [-0.1, -0.05) is 18.5 Å². The van der Waals surface area contributed by atoms with E-state index in [4.69, 9.17) is 11.6 Å². The number of carbonyl (C=O) groups excluding carboxylic acids is 1. The number of rotatable bonds is 8. The third-order valence-corrected chi connectivity index (χ3v) is 5.87. The van der Waals surface area contributed by atoms with E-state index in [1.54, 1.807) is 0 Å². The van der Waals surface area contributed by atoms with Gasteiger partial charge < -0.3 is 10.2 Å². The maximum atomic E-state index is 12.1. The molecule has 0 radical (unpaired) electrons. The quantitative estimate of drug-likeness (QED) is 0.629. The highest BCUT2D eigenvalue weighted by atomic mass is 35.5. The zero-order valence-corrected chi connectivity index (χ0v) is 15.9. The summed E-state index contributed by atoms with van der Waals surface area (Å²) < 4.78 is 26.6. The molecule has 2 N–H and O–H groups in total. The van der Waals surface area contributed by atoms with Gasteiger partial charge >= 0.3 is 0 Å². The van der Waals surface area contributed by atoms with Crippen LogP contribution in [-0.2, 0) is 14.8 Å². The number of hydrogen-bond donors (Lipinski definition) is 2. The first kappa shape index (κ1) is 20.1. The Morgan fingerprint density at radius 3 is 2.28 bits per heavy atom. The van der Waals surface area contributed by atoms with Gasteiger partial charge in [0.25, 0.3) is 0 Å². The highest BCUT2D eigenvalue weighted by Crippen LogP contribution is 2.13. The predicted octanol–water partition coefficient (Wildman–Crippen LogP) is 0.372. The summed E-state index contributed by atoms with van der Waals surface area (Å²) in [6.45, 7) is 7.62. The van der Waals surface area contributed by atoms with Crippen molar-refractivity contribution in [3.8, 4) is 0 Å². The van der Waals surface area contributed by atoms with E-state index in [9.17, 15) is 13.2 Å². The molecule has 1 aliphatic rings. The van der Waals surface area contributed by atoms with Crippen LogP contribution in [-0.4, -0.2) is 76.5 Å². The Hall–Kier alpha value is -1.19. The molecule has 7 nitrogen and oxygen atoms in total. The molecular weight excluding hydrogens is 364 g/mol. The fourth-order valence-electron chi connectivity index (χ4n) is 2.61. The van der Waals surface area contributed by atoms with E-state index in [2.05, 4.69) is 26.8 Å². The lowest BCUT2D eigenvalue weighted by Crippen LogP contribution is -2.49. The average Bonchev–Trinajstić information content (AvgIpc) is 2.60. The topological polar surface area (TPSA) is 81.8 Å². The molecule has 140 valence electrons. The highest BCUT2D eigenvalue weighted by Gasteiger charge is 2.18. The highest BCUT2D eigenvalue weighted by molar-refractivity contribution is 7.89. The Labute approximate surface area is 154 Å². The summed E-state index contributed by atoms with van der Waals surface area (Å²) in [6.07, 6.45) is 0. The van der Waals surface area contributed by atoms with Gasteiger partial charge in [-0.15, -0.1) is 0 Å². The van der Waals surface area contributed by atoms with Crippen molar-refractivity contribution in [2.24, 2.45) is 0 Å². The van der Waals surface area contributed by atoms with Crippen molar-refractivity contribution in [1.29, 1.82) is 0 Å². The van der Waals surface area contributed by atoms with E-state index in [1.165, 1.54) is 24.3 Å². The Morgan fingerprint density at radius 1 is 1.08 bits per heavy atom. The van der Waals surface area contributed by atoms with Crippen LogP contribution in [0.3, 0.4) is 0 Å². The first-order valence-corrected chi connectivity index (χ1v) is 10.2. The molecule has 1 aromatic rings. The molecule has 1 amide bonds. The summed E-state index contributed by atoms with van der Waals surface area (Å²) in [5.74, 6) is -0.0874. The summed E-state index contributed by atoms with van der Waals surface area (Å²) in [4.78, 5) is 16.5. The monoisotopic (exact) mass is 388 g/mol. The molecule has 1 aromatic carbocycles. The van der Waals surface area contributed by atoms with Crippen LogP contribution >= 0.6 is 11.6 Å². The number of hydrogen-bond acceptors (Lipinski definition) is 5. The number of sulfonamides is 1. The fraction of sp³-hybridized carbons (Fsp3) is 0.562. The SMILES string of the molecule is CCN1CCN(CC(=O)NCCNS(=O)(=O)c2ccc(Cl)cc2)CC1. The van der Waals surface area contributed by atoms with E-state index in [-0.39, 0.29) is 23.9 Å². The predicted molar refractivity (Wildman–Crippen MR) is 98.2 cm³/mol. The number of carbonyl (C=O) groups is 1. The normalized spacial score (nSPS) is 16.7. The van der Waals surface area contributed by atoms with Crippen molar-refractivity contribution in [3.05, 3.63) is 29.3 Å². The second kappa shape index (κ2) is 9.49. The van der Waals surface area contributed by atoms with E-state index >= 15 is 0 Å². The molecule has 2 rings (SSSR count). The van der Waals surface area contributed by atoms with Gasteiger partial charge in [0.05, 0.1) is 11.4 Å². The molecule has 0 saturated carbocycles. The first-order valence-electron chi connectivity index (χ1n) is 8.37. The number of amides is 1. The summed E-state index contributed by atoms with van der Waals surface area (Å²) in [7, 11) is -3.59. The van der Waals surface area contributed by atoms with Gasteiger partial charge in [0.1, 0.15) is 0 Å². The maximum Gasteiger partial charge on any atom is 0.240 e. The minimum atomic E-state index is -3.59. The van der Waals surface area contributed by atoms with E-state index in [1.807, 2.05) is 0 Å². The molecule has 1 saturated heterocycles. The van der Waals surface area contributed by atoms with Crippen molar-refractivity contribution >= 4 is 27.5 Å². The van der Waals surface area contributed by atoms with Gasteiger partial charge in [0.2, 0.25) is 15.9 Å². The van der Waals surface area contributed by atoms with Crippen molar-refractivity contribution in [1.82, 2.24) is 19.8 Å². The third kappa shape index (κ3) is 6.56. The van der Waals surface area contributed by atoms with Gasteiger partial charge in [-0.3, -0.25) is 9.69 Å². The van der Waals surface area contributed by atoms with Crippen LogP contribution in [0.25, 0.3) is 0 Å². The summed E-state index contributed by atoms with van der Waals surface area (Å²) in [6, 6.07) is 5.94. The van der Waals surface area contributed by atoms with Gasteiger partial charge in [-0.2, -0.15) is 0 Å². The van der Waals surface area contributed by atoms with Crippen LogP contribution in [0.5, 0.6) is 0 Å². The first-order chi connectivity index (χ1) is 11.9. The molecule has 1 heterocycles. The Morgan fingerprint density at radius 2 is 1.68 bits per heavy atom. The van der Waals surface area contributed by atoms with Crippen LogP contribution in [0.15, 0.2) is 29.2 Å². The van der Waals surface area contributed by atoms with Gasteiger partial charge in [-0.25, -0.2) is 13.1 Å². The molecule has 0 unspecified atom stereocenters. The molecular formula is C16H25ClN4O3S. The molecule has 9 heteroatoms. The molecule has 0 bridgehead atoms. The van der Waals surface area contributed by atoms with Crippen LogP contribution in [0, 0.1) is 0 Å². The second-order valence-corrected chi connectivity index (χ2v) is 8.12. The van der Waals surface area contributed by atoms with E-state index in [0.29, 0.717) is 11.6 Å². The number of nitrogens with one attached hydrogen (secondary N) is 2. The number of piperazine rings is 1. The van der Waals surface area contributed by atoms with Crippen LogP contribution in [0.4, 0.5) is 0 Å². The number of nitrogens with zero attached hydrogens (tertiary/aromatic N) is 2. The molecule has 0 spiro atoms. The van der Waals surface area contributed by atoms with Crippen LogP contribution in [0.2, 0.25) is 5.02 Å². The zero-order valence-electron chi connectivity index (χ0n) is 14.4. The number of halogens is 1. The lowest BCUT2D eigenvalue weighted by molar-refractivity contribution is -0.122. The molecule has 0 aromatic heterocycles. The minimum absolute atomic E-state index is 0.0874. The van der Waals surface area contributed by atoms with Gasteiger partial charge in [0.15, 0.2) is 0 Å². The smallest absolute Gasteiger partial charge is 0.240 e. The summed E-state index contributed by atoms with van der Waals surface area (Å²) in [5, 5.41) is 3.22. The molecule has 0 aliphatic carbocycles. The Balaban J connectivity index is 1.67. The lowest BCUT2D eigenvalue weighted by Gasteiger charge is -2.33. The van der Waals surface area contributed by atoms with Crippen molar-refractivity contribution in [2.45, 2.75) is 11.8 Å². The van der Waals surface area contributed by atoms with Crippen molar-refractivity contribution < 1.29 is 13.2 Å². The number of likely N-dealkylation sites (N-methyl/N-ethyl adjacent to an activating group) is 1. The van der Waals surface area contributed by atoms with Gasteiger partial charge in [-0.05, 0) is 30.8 Å². The minimum Gasteiger partial charge on any atom is -0.354 e. The third-order valence-electron chi connectivity index (χ3n) is 4.14. The zero-order chi connectivity index (χ0) is 18.3. The van der Waals surface area contributed by atoms with Crippen LogP contribution < -0.4 is 10.0 Å². The van der Waals surface area contributed by atoms with Crippen molar-refractivity contribution in [2.75, 3.05) is 52.4 Å². The maximum absolute atomic E-state index is 12.1. The van der Waals surface area contributed by atoms with Gasteiger partial charge in [0, 0.05) is 44.3 Å². The Bertz CT molecular complexity index is 658. The largest absolute Gasteiger partial charge is 0.354 e. The van der Waals surface area contributed by atoms with E-state index in [0.717, 1.165) is 32.7 Å². The second-order valence-electron chi connectivity index (χ2n) is 5.91. The number of benzene rings is 1. The molecule has 0 atom stereocenters. The molecule has 25 heavy (non-hydrogen) atoms. The summed E-state index contributed by atoms with van der Waals surface area (Å²) >= 11 is 5.75. The standard InChI is InChI=1S/C16H25ClN4O3S/c1-2-20-9-11-21(12-10-20)13-16(22)18-7-8-19-25(23,24)15-5-3-14(17)4-6-15/h3-6,19H,2,7-13H2,1H3,(H,18,22). The van der Waals surface area contributed by atoms with Crippen molar-refractivity contribution in [3.63, 3.8) is 0 Å². The molecule has 1 aliphatic heterocycles. The lowest BCUT2D eigenvalue weighted by atomic mass is 10.3. The average molecular weight is 389 g/mol. The summed E-state index contributed by atoms with van der Waals surface area (Å²) in [5.41, 5.74) is 0. The Kier molecular flexibility index (Phi) is 7.64. The molecule has 1 fully saturated rings. The van der Waals surface area contributed by atoms with Crippen LogP contribution in [0.1, 0.15) is 6.92 Å². The fourth-order valence-corrected chi connectivity index (χ4v) is 3.76. The van der Waals surface area contributed by atoms with E-state index < -0.39 is 10.0 Å².